The van der Waals surface area contributed by atoms with E-state index in [0.29, 0.717) is 0 Å². The van der Waals surface area contributed by atoms with Gasteiger partial charge in [0.05, 0.1) is 0 Å². The molecule has 0 aromatic heterocycles. The Morgan fingerprint density at radius 2 is 1.92 bits per heavy atom. The molecular weight excluding hydrogens is 158 g/mol. The molecule has 1 aliphatic heterocycles. The van der Waals surface area contributed by atoms with Crippen molar-refractivity contribution in [3.63, 3.8) is 0 Å². The van der Waals surface area contributed by atoms with Crippen LogP contribution in [-0.4, -0.2) is 6.54 Å². The van der Waals surface area contributed by atoms with E-state index in [2.05, 4.69) is 42.6 Å². The first-order valence-corrected chi connectivity index (χ1v) is 4.52. The van der Waals surface area contributed by atoms with E-state index in [4.69, 9.17) is 0 Å². The van der Waals surface area contributed by atoms with Crippen molar-refractivity contribution in [1.29, 1.82) is 0 Å². The van der Waals surface area contributed by atoms with E-state index in [-0.39, 0.29) is 0 Å². The minimum atomic E-state index is 0.930. The number of aryl methyl sites for hydroxylation is 1. The Bertz CT molecular complexity index is 344. The Hall–Kier alpha value is -1.50. The van der Waals surface area contributed by atoms with Crippen LogP contribution >= 0.6 is 0 Å². The van der Waals surface area contributed by atoms with Crippen LogP contribution in [0.15, 0.2) is 42.6 Å². The molecule has 2 rings (SSSR count). The van der Waals surface area contributed by atoms with Gasteiger partial charge >= 0.3 is 0 Å². The van der Waals surface area contributed by atoms with Crippen molar-refractivity contribution < 1.29 is 0 Å². The van der Waals surface area contributed by atoms with Gasteiger partial charge in [0.25, 0.3) is 0 Å². The van der Waals surface area contributed by atoms with Crippen LogP contribution in [0.5, 0.6) is 0 Å². The van der Waals surface area contributed by atoms with Crippen LogP contribution in [0, 0.1) is 6.92 Å². The molecule has 13 heavy (non-hydrogen) atoms. The summed E-state index contributed by atoms with van der Waals surface area (Å²) in [7, 11) is 0. The van der Waals surface area contributed by atoms with Crippen molar-refractivity contribution >= 4 is 5.57 Å². The minimum Gasteiger partial charge on any atom is -0.387 e. The van der Waals surface area contributed by atoms with Crippen molar-refractivity contribution in [2.24, 2.45) is 0 Å². The highest BCUT2D eigenvalue weighted by Gasteiger charge is 2.00. The summed E-state index contributed by atoms with van der Waals surface area (Å²) in [5.41, 5.74) is 3.97. The summed E-state index contributed by atoms with van der Waals surface area (Å²) in [5.74, 6) is 0. The van der Waals surface area contributed by atoms with Gasteiger partial charge in [-0.2, -0.15) is 0 Å². The molecular formula is C12H13N. The number of hydrogen-bond donors (Lipinski definition) is 1. The summed E-state index contributed by atoms with van der Waals surface area (Å²) >= 11 is 0. The van der Waals surface area contributed by atoms with Crippen LogP contribution in [-0.2, 0) is 0 Å². The van der Waals surface area contributed by atoms with Crippen molar-refractivity contribution in [2.75, 3.05) is 6.54 Å². The Labute approximate surface area is 78.8 Å². The Balaban J connectivity index is 2.30. The van der Waals surface area contributed by atoms with E-state index in [9.17, 15) is 0 Å². The number of hydrogen-bond acceptors (Lipinski definition) is 1. The fourth-order valence-corrected chi connectivity index (χ4v) is 1.43. The first-order chi connectivity index (χ1) is 6.36. The number of nitrogens with one attached hydrogen (secondary N) is 1. The molecule has 66 valence electrons. The number of benzene rings is 1. The fourth-order valence-electron chi connectivity index (χ4n) is 1.43. The quantitative estimate of drug-likeness (QED) is 0.684. The lowest BCUT2D eigenvalue weighted by Gasteiger charge is -2.10. The van der Waals surface area contributed by atoms with Crippen molar-refractivity contribution in [2.45, 2.75) is 6.92 Å². The number of dihydropyridines is 1. The Morgan fingerprint density at radius 3 is 2.54 bits per heavy atom. The first kappa shape index (κ1) is 8.11. The molecule has 1 N–H and O–H groups in total. The van der Waals surface area contributed by atoms with Crippen molar-refractivity contribution in [1.82, 2.24) is 5.32 Å². The van der Waals surface area contributed by atoms with E-state index in [1.807, 2.05) is 12.3 Å². The van der Waals surface area contributed by atoms with Crippen molar-refractivity contribution in [3.8, 4) is 0 Å². The number of allylic oxidation sites excluding steroid dienone is 2. The highest BCUT2D eigenvalue weighted by Crippen LogP contribution is 2.15. The van der Waals surface area contributed by atoms with Crippen LogP contribution in [0.2, 0.25) is 0 Å². The average molecular weight is 171 g/mol. The van der Waals surface area contributed by atoms with E-state index in [1.165, 1.54) is 16.7 Å². The van der Waals surface area contributed by atoms with Crippen LogP contribution in [0.1, 0.15) is 11.1 Å². The maximum Gasteiger partial charge on any atom is 0.0401 e. The molecule has 0 spiro atoms. The van der Waals surface area contributed by atoms with Gasteiger partial charge in [0.1, 0.15) is 0 Å². The summed E-state index contributed by atoms with van der Waals surface area (Å²) in [5, 5.41) is 3.20. The van der Waals surface area contributed by atoms with Crippen LogP contribution in [0.25, 0.3) is 5.57 Å². The zero-order valence-electron chi connectivity index (χ0n) is 7.75. The largest absolute Gasteiger partial charge is 0.387 e. The van der Waals surface area contributed by atoms with E-state index in [0.717, 1.165) is 6.54 Å². The van der Waals surface area contributed by atoms with Gasteiger partial charge in [0.2, 0.25) is 0 Å². The van der Waals surface area contributed by atoms with Crippen molar-refractivity contribution in [3.05, 3.63) is 53.7 Å². The molecule has 0 atom stereocenters. The molecule has 1 heteroatoms. The molecule has 0 radical (unpaired) electrons. The fraction of sp³-hybridized carbons (Fsp3) is 0.167. The molecule has 0 unspecified atom stereocenters. The lowest BCUT2D eigenvalue weighted by molar-refractivity contribution is 0.986. The second-order valence-electron chi connectivity index (χ2n) is 3.30. The third kappa shape index (κ3) is 1.81. The molecule has 0 aliphatic carbocycles. The molecule has 0 bridgehead atoms. The van der Waals surface area contributed by atoms with Crippen LogP contribution in [0.4, 0.5) is 0 Å². The van der Waals surface area contributed by atoms with Gasteiger partial charge in [-0.25, -0.2) is 0 Å². The molecule has 1 heterocycles. The molecule has 1 aromatic rings. The standard InChI is InChI=1S/C12H13N/c1-10-4-6-11(7-5-10)12-3-2-8-13-9-12/h2-8,13H,9H2,1H3. The second kappa shape index (κ2) is 3.48. The summed E-state index contributed by atoms with van der Waals surface area (Å²) < 4.78 is 0. The monoisotopic (exact) mass is 171 g/mol. The molecule has 1 aromatic carbocycles. The molecule has 1 aliphatic rings. The van der Waals surface area contributed by atoms with E-state index < -0.39 is 0 Å². The van der Waals surface area contributed by atoms with Gasteiger partial charge < -0.3 is 5.32 Å². The summed E-state index contributed by atoms with van der Waals surface area (Å²) in [6.45, 7) is 3.04. The Kier molecular flexibility index (Phi) is 2.17. The summed E-state index contributed by atoms with van der Waals surface area (Å²) in [4.78, 5) is 0. The topological polar surface area (TPSA) is 12.0 Å². The maximum atomic E-state index is 3.20. The van der Waals surface area contributed by atoms with Crippen LogP contribution < -0.4 is 5.32 Å². The van der Waals surface area contributed by atoms with Gasteiger partial charge in [-0.05, 0) is 30.3 Å². The van der Waals surface area contributed by atoms with Gasteiger partial charge in [0, 0.05) is 6.54 Å². The predicted octanol–water partition coefficient (Wildman–Crippen LogP) is 2.50. The van der Waals surface area contributed by atoms with Crippen LogP contribution in [0.3, 0.4) is 0 Å². The lowest BCUT2D eigenvalue weighted by Crippen LogP contribution is -2.11. The zero-order chi connectivity index (χ0) is 9.10. The van der Waals surface area contributed by atoms with Gasteiger partial charge in [0.15, 0.2) is 0 Å². The maximum absolute atomic E-state index is 3.20. The minimum absolute atomic E-state index is 0.930. The molecule has 0 saturated heterocycles. The molecule has 0 fully saturated rings. The van der Waals surface area contributed by atoms with Gasteiger partial charge in [-0.3, -0.25) is 0 Å². The third-order valence-corrected chi connectivity index (χ3v) is 2.23. The highest BCUT2D eigenvalue weighted by atomic mass is 14.8. The molecule has 0 saturated carbocycles. The zero-order valence-corrected chi connectivity index (χ0v) is 7.75. The number of rotatable bonds is 1. The lowest BCUT2D eigenvalue weighted by atomic mass is 10.0. The Morgan fingerprint density at radius 1 is 1.15 bits per heavy atom. The average Bonchev–Trinajstić information content (AvgIpc) is 2.20. The van der Waals surface area contributed by atoms with Gasteiger partial charge in [-0.15, -0.1) is 0 Å². The highest BCUT2D eigenvalue weighted by molar-refractivity contribution is 5.69. The second-order valence-corrected chi connectivity index (χ2v) is 3.30. The first-order valence-electron chi connectivity index (χ1n) is 4.52. The smallest absolute Gasteiger partial charge is 0.0401 e. The third-order valence-electron chi connectivity index (χ3n) is 2.23. The predicted molar refractivity (Wildman–Crippen MR) is 56.3 cm³/mol. The normalized spacial score (nSPS) is 15.0. The van der Waals surface area contributed by atoms with Gasteiger partial charge in [-0.1, -0.05) is 35.9 Å². The van der Waals surface area contributed by atoms with E-state index >= 15 is 0 Å². The molecule has 1 nitrogen and oxygen atoms in total. The van der Waals surface area contributed by atoms with E-state index in [1.54, 1.807) is 0 Å². The molecule has 0 amide bonds. The summed E-state index contributed by atoms with van der Waals surface area (Å²) in [6, 6.07) is 8.63. The SMILES string of the molecule is Cc1ccc(C2=CC=CNC2)cc1. The summed E-state index contributed by atoms with van der Waals surface area (Å²) in [6.07, 6.45) is 6.16.